The minimum absolute atomic E-state index is 0.342. The van der Waals surface area contributed by atoms with Gasteiger partial charge in [-0.3, -0.25) is 4.79 Å². The summed E-state index contributed by atoms with van der Waals surface area (Å²) in [6.45, 7) is 3.18. The van der Waals surface area contributed by atoms with Crippen molar-refractivity contribution in [3.8, 4) is 0 Å². The minimum Gasteiger partial charge on any atom is -0.397 e. The van der Waals surface area contributed by atoms with E-state index in [4.69, 9.17) is 11.5 Å². The molecule has 0 spiro atoms. The zero-order valence-electron chi connectivity index (χ0n) is 10.8. The smallest absolute Gasteiger partial charge is 0.248 e. The normalized spacial score (nSPS) is 17.6. The lowest BCUT2D eigenvalue weighted by Gasteiger charge is -2.25. The van der Waals surface area contributed by atoms with Gasteiger partial charge in [-0.25, -0.2) is 0 Å². The molecule has 18 heavy (non-hydrogen) atoms. The molecule has 98 valence electrons. The first-order valence-corrected chi connectivity index (χ1v) is 6.43. The first-order chi connectivity index (χ1) is 8.50. The number of benzene rings is 1. The van der Waals surface area contributed by atoms with E-state index in [0.29, 0.717) is 16.7 Å². The third kappa shape index (κ3) is 2.75. The maximum atomic E-state index is 11.1. The lowest BCUT2D eigenvalue weighted by Crippen LogP contribution is -2.23. The van der Waals surface area contributed by atoms with E-state index in [0.717, 1.165) is 12.2 Å². The quantitative estimate of drug-likeness (QED) is 0.714. The molecule has 5 N–H and O–H groups in total. The molecule has 1 saturated carbocycles. The molecule has 1 aromatic rings. The van der Waals surface area contributed by atoms with Crippen LogP contribution in [0.2, 0.25) is 0 Å². The van der Waals surface area contributed by atoms with Crippen LogP contribution < -0.4 is 16.8 Å². The van der Waals surface area contributed by atoms with Crippen LogP contribution in [0.3, 0.4) is 0 Å². The second kappa shape index (κ2) is 4.88. The molecule has 0 unspecified atom stereocenters. The van der Waals surface area contributed by atoms with Gasteiger partial charge in [0.25, 0.3) is 0 Å². The average molecular weight is 247 g/mol. The van der Waals surface area contributed by atoms with Crippen LogP contribution in [-0.4, -0.2) is 12.5 Å². The van der Waals surface area contributed by atoms with Gasteiger partial charge in [0.05, 0.1) is 11.4 Å². The summed E-state index contributed by atoms with van der Waals surface area (Å²) in [5.41, 5.74) is 13.5. The Balaban J connectivity index is 2.08. The fourth-order valence-electron chi connectivity index (χ4n) is 2.58. The molecule has 1 amide bonds. The molecular formula is C14H21N3O. The molecule has 0 heterocycles. The zero-order valence-corrected chi connectivity index (χ0v) is 10.8. The second-order valence-electron chi connectivity index (χ2n) is 5.54. The maximum Gasteiger partial charge on any atom is 0.248 e. The molecule has 0 aliphatic heterocycles. The predicted molar refractivity (Wildman–Crippen MR) is 74.4 cm³/mol. The van der Waals surface area contributed by atoms with Crippen LogP contribution in [0.1, 0.15) is 43.0 Å². The van der Waals surface area contributed by atoms with Gasteiger partial charge in [0.15, 0.2) is 0 Å². The van der Waals surface area contributed by atoms with Gasteiger partial charge in [0, 0.05) is 12.1 Å². The van der Waals surface area contributed by atoms with Gasteiger partial charge < -0.3 is 16.8 Å². The van der Waals surface area contributed by atoms with E-state index in [1.807, 2.05) is 0 Å². The molecule has 0 aromatic heterocycles. The van der Waals surface area contributed by atoms with E-state index >= 15 is 0 Å². The van der Waals surface area contributed by atoms with E-state index in [1.54, 1.807) is 18.2 Å². The molecule has 0 radical (unpaired) electrons. The summed E-state index contributed by atoms with van der Waals surface area (Å²) < 4.78 is 0. The van der Waals surface area contributed by atoms with Gasteiger partial charge in [0.1, 0.15) is 0 Å². The fraction of sp³-hybridized carbons (Fsp3) is 0.500. The van der Waals surface area contributed by atoms with Crippen LogP contribution in [0.4, 0.5) is 11.4 Å². The Bertz CT molecular complexity index is 450. The summed E-state index contributed by atoms with van der Waals surface area (Å²) in [4.78, 5) is 11.1. The Morgan fingerprint density at radius 1 is 1.39 bits per heavy atom. The van der Waals surface area contributed by atoms with Crippen molar-refractivity contribution in [2.45, 2.75) is 32.6 Å². The first-order valence-electron chi connectivity index (χ1n) is 6.43. The van der Waals surface area contributed by atoms with Crippen molar-refractivity contribution in [3.05, 3.63) is 23.8 Å². The maximum absolute atomic E-state index is 11.1. The zero-order chi connectivity index (χ0) is 13.2. The van der Waals surface area contributed by atoms with E-state index < -0.39 is 5.91 Å². The monoisotopic (exact) mass is 247 g/mol. The number of nitrogens with one attached hydrogen (secondary N) is 1. The highest BCUT2D eigenvalue weighted by Gasteiger charge is 2.28. The van der Waals surface area contributed by atoms with Crippen LogP contribution in [0, 0.1) is 5.41 Å². The molecule has 0 saturated heterocycles. The lowest BCUT2D eigenvalue weighted by atomic mass is 9.89. The van der Waals surface area contributed by atoms with Crippen LogP contribution in [0.15, 0.2) is 18.2 Å². The third-order valence-electron chi connectivity index (χ3n) is 3.85. The number of primary amides is 1. The van der Waals surface area contributed by atoms with Crippen molar-refractivity contribution in [1.82, 2.24) is 0 Å². The Kier molecular flexibility index (Phi) is 3.45. The summed E-state index contributed by atoms with van der Waals surface area (Å²) in [6, 6.07) is 5.11. The third-order valence-corrected chi connectivity index (χ3v) is 3.85. The van der Waals surface area contributed by atoms with E-state index in [-0.39, 0.29) is 0 Å². The summed E-state index contributed by atoms with van der Waals surface area (Å²) in [5, 5.41) is 3.36. The van der Waals surface area contributed by atoms with E-state index in [9.17, 15) is 4.79 Å². The van der Waals surface area contributed by atoms with Crippen LogP contribution in [0.5, 0.6) is 0 Å². The standard InChI is InChI=1S/C14H21N3O/c1-14(6-2-3-7-14)9-17-12-8-10(13(16)18)4-5-11(12)15/h4-5,8,17H,2-3,6-7,9,15H2,1H3,(H2,16,18). The predicted octanol–water partition coefficient (Wildman–Crippen LogP) is 2.36. The average Bonchev–Trinajstić information content (AvgIpc) is 2.75. The topological polar surface area (TPSA) is 81.1 Å². The SMILES string of the molecule is CC1(CNc2cc(C(N)=O)ccc2N)CCCC1. The Morgan fingerprint density at radius 3 is 2.67 bits per heavy atom. The molecule has 4 nitrogen and oxygen atoms in total. The summed E-state index contributed by atoms with van der Waals surface area (Å²) in [6.07, 6.45) is 5.09. The lowest BCUT2D eigenvalue weighted by molar-refractivity contribution is 0.100. The Hall–Kier alpha value is -1.71. The summed E-state index contributed by atoms with van der Waals surface area (Å²) >= 11 is 0. The number of anilines is 2. The van der Waals surface area contributed by atoms with Crippen molar-refractivity contribution in [3.63, 3.8) is 0 Å². The number of nitrogen functional groups attached to an aromatic ring is 1. The number of carbonyl (C=O) groups is 1. The van der Waals surface area contributed by atoms with Crippen LogP contribution in [-0.2, 0) is 0 Å². The van der Waals surface area contributed by atoms with E-state index in [2.05, 4.69) is 12.2 Å². The molecule has 1 aliphatic rings. The molecule has 1 aliphatic carbocycles. The van der Waals surface area contributed by atoms with Gasteiger partial charge in [0.2, 0.25) is 5.91 Å². The minimum atomic E-state index is -0.426. The molecule has 1 aromatic carbocycles. The van der Waals surface area contributed by atoms with Gasteiger partial charge in [-0.1, -0.05) is 19.8 Å². The van der Waals surface area contributed by atoms with Crippen molar-refractivity contribution in [2.24, 2.45) is 11.1 Å². The van der Waals surface area contributed by atoms with Crippen molar-refractivity contribution in [1.29, 1.82) is 0 Å². The number of nitrogens with two attached hydrogens (primary N) is 2. The highest BCUT2D eigenvalue weighted by Crippen LogP contribution is 2.37. The van der Waals surface area contributed by atoms with Crippen LogP contribution in [0.25, 0.3) is 0 Å². The fourth-order valence-corrected chi connectivity index (χ4v) is 2.58. The Labute approximate surface area is 108 Å². The van der Waals surface area contributed by atoms with Gasteiger partial charge >= 0.3 is 0 Å². The highest BCUT2D eigenvalue weighted by atomic mass is 16.1. The van der Waals surface area contributed by atoms with Crippen molar-refractivity contribution in [2.75, 3.05) is 17.6 Å². The number of hydrogen-bond acceptors (Lipinski definition) is 3. The van der Waals surface area contributed by atoms with Crippen LogP contribution >= 0.6 is 0 Å². The first kappa shape index (κ1) is 12.7. The summed E-state index contributed by atoms with van der Waals surface area (Å²) in [7, 11) is 0. The number of amides is 1. The van der Waals surface area contributed by atoms with E-state index in [1.165, 1.54) is 25.7 Å². The van der Waals surface area contributed by atoms with Gasteiger partial charge in [-0.15, -0.1) is 0 Å². The molecular weight excluding hydrogens is 226 g/mol. The molecule has 0 bridgehead atoms. The highest BCUT2D eigenvalue weighted by molar-refractivity contribution is 5.94. The molecule has 0 atom stereocenters. The number of carbonyl (C=O) groups excluding carboxylic acids is 1. The molecule has 4 heteroatoms. The van der Waals surface area contributed by atoms with Gasteiger partial charge in [-0.05, 0) is 36.5 Å². The Morgan fingerprint density at radius 2 is 2.06 bits per heavy atom. The largest absolute Gasteiger partial charge is 0.397 e. The molecule has 1 fully saturated rings. The van der Waals surface area contributed by atoms with Crippen molar-refractivity contribution < 1.29 is 4.79 Å². The van der Waals surface area contributed by atoms with Crippen molar-refractivity contribution >= 4 is 17.3 Å². The number of rotatable bonds is 4. The summed E-state index contributed by atoms with van der Waals surface area (Å²) in [5.74, 6) is -0.426. The number of hydrogen-bond donors (Lipinski definition) is 3. The molecule has 2 rings (SSSR count). The van der Waals surface area contributed by atoms with Gasteiger partial charge in [-0.2, -0.15) is 0 Å². The second-order valence-corrected chi connectivity index (χ2v) is 5.54.